The van der Waals surface area contributed by atoms with Crippen LogP contribution in [0.25, 0.3) is 0 Å². The maximum Gasteiger partial charge on any atom is 0.321 e. The van der Waals surface area contributed by atoms with Gasteiger partial charge in [0.15, 0.2) is 5.16 Å². The fourth-order valence-corrected chi connectivity index (χ4v) is 2.97. The van der Waals surface area contributed by atoms with Gasteiger partial charge >= 0.3 is 6.01 Å². The van der Waals surface area contributed by atoms with Gasteiger partial charge in [-0.3, -0.25) is 0 Å². The van der Waals surface area contributed by atoms with Crippen LogP contribution in [0.1, 0.15) is 32.1 Å². The summed E-state index contributed by atoms with van der Waals surface area (Å²) in [5.41, 5.74) is 5.58. The van der Waals surface area contributed by atoms with E-state index in [4.69, 9.17) is 10.5 Å². The number of nitrogen functional groups attached to an aromatic ring is 1. The molecule has 5 nitrogen and oxygen atoms in total. The Morgan fingerprint density at radius 2 is 1.94 bits per heavy atom. The molecule has 0 bridgehead atoms. The van der Waals surface area contributed by atoms with Crippen molar-refractivity contribution in [1.82, 2.24) is 15.0 Å². The highest BCUT2D eigenvalue weighted by molar-refractivity contribution is 7.99. The second-order valence-corrected chi connectivity index (χ2v) is 5.11. The second kappa shape index (κ2) is 5.34. The first-order chi connectivity index (χ1) is 7.78. The van der Waals surface area contributed by atoms with Crippen molar-refractivity contribution in [2.75, 3.05) is 12.8 Å². The van der Waals surface area contributed by atoms with E-state index >= 15 is 0 Å². The molecule has 1 aromatic heterocycles. The molecular weight excluding hydrogens is 224 g/mol. The molecule has 0 spiro atoms. The molecule has 2 rings (SSSR count). The Hall–Kier alpha value is -1.04. The van der Waals surface area contributed by atoms with E-state index in [1.54, 1.807) is 11.8 Å². The highest BCUT2D eigenvalue weighted by atomic mass is 32.2. The molecule has 1 saturated carbocycles. The van der Waals surface area contributed by atoms with Crippen LogP contribution in [0.4, 0.5) is 5.95 Å². The van der Waals surface area contributed by atoms with E-state index in [-0.39, 0.29) is 5.95 Å². The molecule has 0 atom stereocenters. The molecule has 1 fully saturated rings. The largest absolute Gasteiger partial charge is 0.467 e. The minimum atomic E-state index is 0.227. The molecule has 0 aromatic carbocycles. The predicted molar refractivity (Wildman–Crippen MR) is 63.5 cm³/mol. The third kappa shape index (κ3) is 2.98. The van der Waals surface area contributed by atoms with Gasteiger partial charge in [-0.2, -0.15) is 15.0 Å². The summed E-state index contributed by atoms with van der Waals surface area (Å²) >= 11 is 1.69. The maximum atomic E-state index is 5.58. The highest BCUT2D eigenvalue weighted by Crippen LogP contribution is 2.32. The number of methoxy groups -OCH3 is 1. The number of nitrogens with two attached hydrogens (primary N) is 1. The first-order valence-corrected chi connectivity index (χ1v) is 6.38. The minimum absolute atomic E-state index is 0.227. The molecule has 0 unspecified atom stereocenters. The molecule has 1 aliphatic rings. The summed E-state index contributed by atoms with van der Waals surface area (Å²) in [6, 6.07) is 0.297. The van der Waals surface area contributed by atoms with E-state index in [2.05, 4.69) is 15.0 Å². The first kappa shape index (κ1) is 11.4. The Morgan fingerprint density at radius 3 is 2.62 bits per heavy atom. The zero-order chi connectivity index (χ0) is 11.4. The van der Waals surface area contributed by atoms with E-state index < -0.39 is 0 Å². The van der Waals surface area contributed by atoms with Crippen LogP contribution in [0.2, 0.25) is 0 Å². The Bertz CT molecular complexity index is 355. The predicted octanol–water partition coefficient (Wildman–Crippen LogP) is 1.89. The van der Waals surface area contributed by atoms with Gasteiger partial charge in [0.2, 0.25) is 5.95 Å². The van der Waals surface area contributed by atoms with E-state index in [0.717, 1.165) is 0 Å². The zero-order valence-corrected chi connectivity index (χ0v) is 10.2. The molecule has 2 N–H and O–H groups in total. The number of ether oxygens (including phenoxy) is 1. The summed E-state index contributed by atoms with van der Waals surface area (Å²) in [5, 5.41) is 1.29. The van der Waals surface area contributed by atoms with Crippen molar-refractivity contribution in [3.05, 3.63) is 0 Å². The number of rotatable bonds is 3. The molecular formula is C10H16N4OS. The molecule has 6 heteroatoms. The fourth-order valence-electron chi connectivity index (χ4n) is 1.83. The van der Waals surface area contributed by atoms with Crippen molar-refractivity contribution in [1.29, 1.82) is 0 Å². The standard InChI is InChI=1S/C10H16N4OS/c1-15-9-12-8(11)13-10(14-9)16-7-5-3-2-4-6-7/h7H,2-6H2,1H3,(H2,11,12,13,14). The first-order valence-electron chi connectivity index (χ1n) is 5.50. The van der Waals surface area contributed by atoms with E-state index in [1.807, 2.05) is 0 Å². The highest BCUT2D eigenvalue weighted by Gasteiger charge is 2.17. The molecule has 0 radical (unpaired) electrons. The average Bonchev–Trinajstić information content (AvgIpc) is 2.29. The molecule has 1 aliphatic carbocycles. The van der Waals surface area contributed by atoms with Crippen molar-refractivity contribution in [2.45, 2.75) is 42.5 Å². The molecule has 16 heavy (non-hydrogen) atoms. The molecule has 1 aromatic rings. The van der Waals surface area contributed by atoms with Gasteiger partial charge in [-0.1, -0.05) is 31.0 Å². The lowest BCUT2D eigenvalue weighted by Gasteiger charge is -2.19. The van der Waals surface area contributed by atoms with Crippen LogP contribution in [0, 0.1) is 0 Å². The fraction of sp³-hybridized carbons (Fsp3) is 0.700. The summed E-state index contributed by atoms with van der Waals surface area (Å²) in [5.74, 6) is 0.227. The van der Waals surface area contributed by atoms with Gasteiger partial charge in [0, 0.05) is 5.25 Å². The van der Waals surface area contributed by atoms with Crippen molar-refractivity contribution >= 4 is 17.7 Å². The third-order valence-electron chi connectivity index (χ3n) is 2.62. The minimum Gasteiger partial charge on any atom is -0.467 e. The Morgan fingerprint density at radius 1 is 1.19 bits per heavy atom. The van der Waals surface area contributed by atoms with Gasteiger partial charge in [-0.25, -0.2) is 0 Å². The van der Waals surface area contributed by atoms with Crippen molar-refractivity contribution in [3.8, 4) is 6.01 Å². The van der Waals surface area contributed by atoms with Gasteiger partial charge in [-0.05, 0) is 12.8 Å². The van der Waals surface area contributed by atoms with Gasteiger partial charge in [0.1, 0.15) is 0 Å². The van der Waals surface area contributed by atoms with E-state index in [9.17, 15) is 0 Å². The zero-order valence-electron chi connectivity index (χ0n) is 9.35. The summed E-state index contributed by atoms with van der Waals surface area (Å²) in [4.78, 5) is 12.2. The molecule has 0 saturated heterocycles. The average molecular weight is 240 g/mol. The number of anilines is 1. The van der Waals surface area contributed by atoms with Crippen LogP contribution in [-0.4, -0.2) is 27.3 Å². The number of aromatic nitrogens is 3. The van der Waals surface area contributed by atoms with E-state index in [1.165, 1.54) is 39.2 Å². The topological polar surface area (TPSA) is 73.9 Å². The van der Waals surface area contributed by atoms with Crippen molar-refractivity contribution in [3.63, 3.8) is 0 Å². The summed E-state index contributed by atoms with van der Waals surface area (Å²) < 4.78 is 4.97. The summed E-state index contributed by atoms with van der Waals surface area (Å²) in [6.45, 7) is 0. The van der Waals surface area contributed by atoms with Crippen LogP contribution in [0.5, 0.6) is 6.01 Å². The van der Waals surface area contributed by atoms with Crippen molar-refractivity contribution in [2.24, 2.45) is 0 Å². The van der Waals surface area contributed by atoms with Gasteiger partial charge in [0.05, 0.1) is 7.11 Å². The molecule has 88 valence electrons. The Balaban J connectivity index is 2.04. The number of hydrogen-bond donors (Lipinski definition) is 1. The van der Waals surface area contributed by atoms with Crippen LogP contribution in [0.15, 0.2) is 5.16 Å². The number of thioether (sulfide) groups is 1. The lowest BCUT2D eigenvalue weighted by Crippen LogP contribution is -2.10. The maximum absolute atomic E-state index is 5.58. The van der Waals surface area contributed by atoms with Crippen LogP contribution >= 0.6 is 11.8 Å². The van der Waals surface area contributed by atoms with Crippen LogP contribution in [0.3, 0.4) is 0 Å². The lowest BCUT2D eigenvalue weighted by molar-refractivity contribution is 0.374. The van der Waals surface area contributed by atoms with Crippen LogP contribution < -0.4 is 10.5 Å². The molecule has 0 aliphatic heterocycles. The third-order valence-corrected chi connectivity index (χ3v) is 3.82. The Kier molecular flexibility index (Phi) is 3.82. The van der Waals surface area contributed by atoms with E-state index in [0.29, 0.717) is 16.4 Å². The second-order valence-electron chi connectivity index (χ2n) is 3.84. The van der Waals surface area contributed by atoms with Gasteiger partial charge in [0.25, 0.3) is 0 Å². The number of nitrogens with zero attached hydrogens (tertiary/aromatic N) is 3. The SMILES string of the molecule is COc1nc(N)nc(SC2CCCCC2)n1. The van der Waals surface area contributed by atoms with Crippen LogP contribution in [-0.2, 0) is 0 Å². The monoisotopic (exact) mass is 240 g/mol. The summed E-state index contributed by atoms with van der Waals surface area (Å²) in [6.07, 6.45) is 6.42. The van der Waals surface area contributed by atoms with Crippen molar-refractivity contribution < 1.29 is 4.74 Å². The lowest BCUT2D eigenvalue weighted by atomic mass is 10.0. The molecule has 0 amide bonds. The number of hydrogen-bond acceptors (Lipinski definition) is 6. The normalized spacial score (nSPS) is 17.3. The summed E-state index contributed by atoms with van der Waals surface area (Å²) in [7, 11) is 1.53. The molecule has 1 heterocycles. The smallest absolute Gasteiger partial charge is 0.321 e. The van der Waals surface area contributed by atoms with Gasteiger partial charge < -0.3 is 10.5 Å². The Labute approximate surface area is 99.2 Å². The van der Waals surface area contributed by atoms with Gasteiger partial charge in [-0.15, -0.1) is 0 Å². The quantitative estimate of drug-likeness (QED) is 0.869.